The van der Waals surface area contributed by atoms with Crippen LogP contribution >= 0.6 is 0 Å². The van der Waals surface area contributed by atoms with Crippen molar-refractivity contribution in [2.45, 2.75) is 4.90 Å². The van der Waals surface area contributed by atoms with Crippen LogP contribution in [0.4, 0.5) is 5.69 Å². The molecule has 0 bridgehead atoms. The first-order valence-electron chi connectivity index (χ1n) is 6.38. The van der Waals surface area contributed by atoms with Gasteiger partial charge in [0.1, 0.15) is 23.3 Å². The molecule has 0 atom stereocenters. The Bertz CT molecular complexity index is 825. The fourth-order valence-electron chi connectivity index (χ4n) is 2.30. The molecule has 0 fully saturated rings. The molecule has 1 heterocycles. The second-order valence-corrected chi connectivity index (χ2v) is 6.33. The summed E-state index contributed by atoms with van der Waals surface area (Å²) in [7, 11) is -3.79. The average molecular weight is 300 g/mol. The molecule has 2 aromatic rings. The predicted molar refractivity (Wildman–Crippen MR) is 77.6 cm³/mol. The quantitative estimate of drug-likeness (QED) is 0.852. The average Bonchev–Trinajstić information content (AvgIpc) is 2.54. The van der Waals surface area contributed by atoms with E-state index in [1.54, 1.807) is 36.4 Å². The van der Waals surface area contributed by atoms with Gasteiger partial charge in [-0.3, -0.25) is 4.31 Å². The molecule has 0 amide bonds. The van der Waals surface area contributed by atoms with E-state index in [0.29, 0.717) is 11.4 Å². The zero-order valence-corrected chi connectivity index (χ0v) is 11.9. The van der Waals surface area contributed by atoms with E-state index in [9.17, 15) is 8.42 Å². The Hall–Kier alpha value is -2.52. The fourth-order valence-corrected chi connectivity index (χ4v) is 3.90. The Balaban J connectivity index is 2.15. The molecule has 0 N–H and O–H groups in total. The summed E-state index contributed by atoms with van der Waals surface area (Å²) in [6, 6.07) is 15.1. The van der Waals surface area contributed by atoms with Crippen LogP contribution in [0.2, 0.25) is 0 Å². The van der Waals surface area contributed by atoms with Crippen LogP contribution in [0.25, 0.3) is 0 Å². The third-order valence-electron chi connectivity index (χ3n) is 3.26. The van der Waals surface area contributed by atoms with Gasteiger partial charge in [0.2, 0.25) is 0 Å². The molecule has 1 aliphatic heterocycles. The van der Waals surface area contributed by atoms with Crippen LogP contribution in [0.5, 0.6) is 5.75 Å². The van der Waals surface area contributed by atoms with E-state index in [2.05, 4.69) is 0 Å². The van der Waals surface area contributed by atoms with Gasteiger partial charge in [-0.1, -0.05) is 24.3 Å². The molecule has 106 valence electrons. The van der Waals surface area contributed by atoms with Gasteiger partial charge in [0.15, 0.2) is 0 Å². The highest BCUT2D eigenvalue weighted by molar-refractivity contribution is 7.93. The van der Waals surface area contributed by atoms with Gasteiger partial charge >= 0.3 is 0 Å². The van der Waals surface area contributed by atoms with Gasteiger partial charge in [0.25, 0.3) is 10.0 Å². The van der Waals surface area contributed by atoms with E-state index in [-0.39, 0.29) is 23.6 Å². The topological polar surface area (TPSA) is 70.4 Å². The van der Waals surface area contributed by atoms with Gasteiger partial charge < -0.3 is 4.74 Å². The lowest BCUT2D eigenvalue weighted by Gasteiger charge is -2.30. The second-order valence-electron chi connectivity index (χ2n) is 4.50. The number of hydrogen-bond donors (Lipinski definition) is 0. The van der Waals surface area contributed by atoms with Crippen LogP contribution in [0, 0.1) is 11.3 Å². The van der Waals surface area contributed by atoms with Crippen molar-refractivity contribution in [1.29, 1.82) is 5.26 Å². The van der Waals surface area contributed by atoms with Crippen LogP contribution < -0.4 is 9.04 Å². The van der Waals surface area contributed by atoms with Crippen LogP contribution in [0.1, 0.15) is 5.56 Å². The lowest BCUT2D eigenvalue weighted by atomic mass is 10.2. The third kappa shape index (κ3) is 2.22. The zero-order valence-electron chi connectivity index (χ0n) is 11.1. The third-order valence-corrected chi connectivity index (χ3v) is 5.13. The Kier molecular flexibility index (Phi) is 3.28. The lowest BCUT2D eigenvalue weighted by Crippen LogP contribution is -2.38. The minimum absolute atomic E-state index is 0.0178. The van der Waals surface area contributed by atoms with Crippen molar-refractivity contribution < 1.29 is 13.2 Å². The number of ether oxygens (including phenoxy) is 1. The Morgan fingerprint density at radius 1 is 1.10 bits per heavy atom. The van der Waals surface area contributed by atoms with Gasteiger partial charge in [0, 0.05) is 0 Å². The number of rotatable bonds is 2. The largest absolute Gasteiger partial charge is 0.489 e. The minimum Gasteiger partial charge on any atom is -0.489 e. The highest BCUT2D eigenvalue weighted by atomic mass is 32.2. The number of benzene rings is 2. The number of fused-ring (bicyclic) bond motifs is 1. The second kappa shape index (κ2) is 5.11. The fraction of sp³-hybridized carbons (Fsp3) is 0.133. The number of sulfonamides is 1. The highest BCUT2D eigenvalue weighted by Gasteiger charge is 2.31. The molecular formula is C15H12N2O3S. The smallest absolute Gasteiger partial charge is 0.265 e. The summed E-state index contributed by atoms with van der Waals surface area (Å²) in [4.78, 5) is 0.0178. The van der Waals surface area contributed by atoms with Crippen molar-refractivity contribution in [2.75, 3.05) is 17.5 Å². The molecule has 0 spiro atoms. The molecule has 1 aliphatic rings. The Morgan fingerprint density at radius 3 is 2.62 bits per heavy atom. The first-order chi connectivity index (χ1) is 10.1. The van der Waals surface area contributed by atoms with Crippen molar-refractivity contribution in [3.63, 3.8) is 0 Å². The van der Waals surface area contributed by atoms with Gasteiger partial charge in [-0.05, 0) is 24.3 Å². The van der Waals surface area contributed by atoms with E-state index in [0.717, 1.165) is 0 Å². The molecule has 0 saturated carbocycles. The van der Waals surface area contributed by atoms with Gasteiger partial charge in [0.05, 0.1) is 17.8 Å². The molecule has 6 heteroatoms. The normalized spacial score (nSPS) is 14.0. The molecule has 0 aromatic heterocycles. The van der Waals surface area contributed by atoms with Crippen LogP contribution in [0.3, 0.4) is 0 Å². The van der Waals surface area contributed by atoms with Crippen LogP contribution in [-0.4, -0.2) is 21.6 Å². The summed E-state index contributed by atoms with van der Waals surface area (Å²) in [6.45, 7) is 0.504. The van der Waals surface area contributed by atoms with E-state index in [1.165, 1.54) is 16.4 Å². The number of hydrogen-bond acceptors (Lipinski definition) is 4. The van der Waals surface area contributed by atoms with Crippen molar-refractivity contribution in [3.8, 4) is 11.8 Å². The first-order valence-corrected chi connectivity index (χ1v) is 7.82. The zero-order chi connectivity index (χ0) is 14.9. The number of nitriles is 1. The van der Waals surface area contributed by atoms with Gasteiger partial charge in [-0.2, -0.15) is 5.26 Å². The summed E-state index contributed by atoms with van der Waals surface area (Å²) in [5.74, 6) is 0.529. The summed E-state index contributed by atoms with van der Waals surface area (Å²) in [5, 5.41) is 9.12. The Labute approximate surface area is 123 Å². The van der Waals surface area contributed by atoms with E-state index >= 15 is 0 Å². The van der Waals surface area contributed by atoms with Crippen molar-refractivity contribution in [3.05, 3.63) is 54.1 Å². The predicted octanol–water partition coefficient (Wildman–Crippen LogP) is 2.15. The molecular weight excluding hydrogens is 288 g/mol. The molecule has 2 aromatic carbocycles. The molecule has 5 nitrogen and oxygen atoms in total. The van der Waals surface area contributed by atoms with E-state index < -0.39 is 10.0 Å². The maximum Gasteiger partial charge on any atom is 0.265 e. The summed E-state index contributed by atoms with van der Waals surface area (Å²) < 4.78 is 32.5. The van der Waals surface area contributed by atoms with Crippen molar-refractivity contribution >= 4 is 15.7 Å². The number of anilines is 1. The van der Waals surface area contributed by atoms with E-state index in [4.69, 9.17) is 10.00 Å². The number of nitrogens with zero attached hydrogens (tertiary/aromatic N) is 2. The summed E-state index contributed by atoms with van der Waals surface area (Å²) >= 11 is 0. The molecule has 3 rings (SSSR count). The van der Waals surface area contributed by atoms with E-state index in [1.807, 2.05) is 6.07 Å². The minimum atomic E-state index is -3.79. The summed E-state index contributed by atoms with van der Waals surface area (Å²) in [5.41, 5.74) is 0.637. The lowest BCUT2D eigenvalue weighted by molar-refractivity contribution is 0.316. The maximum atomic E-state index is 12.8. The Morgan fingerprint density at radius 2 is 1.81 bits per heavy atom. The molecule has 0 unspecified atom stereocenters. The molecule has 21 heavy (non-hydrogen) atoms. The monoisotopic (exact) mass is 300 g/mol. The standard InChI is InChI=1S/C15H12N2O3S/c16-11-12-5-1-4-8-15(12)21(18,19)17-9-10-20-14-7-3-2-6-13(14)17/h1-8H,9-10H2. The molecule has 0 saturated heterocycles. The maximum absolute atomic E-state index is 12.8. The summed E-state index contributed by atoms with van der Waals surface area (Å²) in [6.07, 6.45) is 0. The SMILES string of the molecule is N#Cc1ccccc1S(=O)(=O)N1CCOc2ccccc21. The van der Waals surface area contributed by atoms with Crippen LogP contribution in [0.15, 0.2) is 53.4 Å². The first kappa shape index (κ1) is 13.5. The van der Waals surface area contributed by atoms with Crippen molar-refractivity contribution in [1.82, 2.24) is 0 Å². The van der Waals surface area contributed by atoms with Crippen molar-refractivity contribution in [2.24, 2.45) is 0 Å². The molecule has 0 aliphatic carbocycles. The number of para-hydroxylation sites is 2. The molecule has 0 radical (unpaired) electrons. The van der Waals surface area contributed by atoms with Gasteiger partial charge in [-0.25, -0.2) is 8.42 Å². The van der Waals surface area contributed by atoms with Crippen LogP contribution in [-0.2, 0) is 10.0 Å². The van der Waals surface area contributed by atoms with Gasteiger partial charge in [-0.15, -0.1) is 0 Å². The highest BCUT2D eigenvalue weighted by Crippen LogP contribution is 2.35.